The summed E-state index contributed by atoms with van der Waals surface area (Å²) in [5, 5.41) is 10.7. The number of nitro groups is 1. The van der Waals surface area contributed by atoms with Gasteiger partial charge in [0.05, 0.1) is 19.1 Å². The van der Waals surface area contributed by atoms with Crippen LogP contribution in [0.2, 0.25) is 0 Å². The number of methoxy groups -OCH3 is 2. The molecule has 0 bridgehead atoms. The highest BCUT2D eigenvalue weighted by atomic mass is 16.6. The molecule has 0 aliphatic rings. The molecule has 0 unspecified atom stereocenters. The quantitative estimate of drug-likeness (QED) is 0.353. The number of carbonyl (C=O) groups excluding carboxylic acids is 2. The molecule has 0 fully saturated rings. The molecule has 0 saturated carbocycles. The van der Waals surface area contributed by atoms with Crippen LogP contribution in [-0.2, 0) is 19.1 Å². The number of ether oxygens (including phenoxy) is 2. The Morgan fingerprint density at radius 3 is 2.11 bits per heavy atom. The van der Waals surface area contributed by atoms with Crippen molar-refractivity contribution in [3.05, 3.63) is 39.4 Å². The molecule has 0 aromatic heterocycles. The van der Waals surface area contributed by atoms with E-state index in [1.54, 1.807) is 0 Å². The lowest BCUT2D eigenvalue weighted by Crippen LogP contribution is -2.24. The molecule has 1 rings (SSSR count). The maximum atomic E-state index is 11.6. The summed E-state index contributed by atoms with van der Waals surface area (Å²) in [7, 11) is 2.30. The first kappa shape index (κ1) is 14.6. The largest absolute Gasteiger partial charge is 0.468 e. The van der Waals surface area contributed by atoms with Crippen molar-refractivity contribution in [2.24, 2.45) is 0 Å². The molecule has 0 heterocycles. The van der Waals surface area contributed by atoms with E-state index < -0.39 is 22.8 Å². The van der Waals surface area contributed by atoms with Crippen LogP contribution in [-0.4, -0.2) is 31.1 Å². The van der Waals surface area contributed by atoms with Crippen molar-refractivity contribution < 1.29 is 24.0 Å². The minimum Gasteiger partial charge on any atom is -0.468 e. The molecular formula is C12H13NO6. The second kappa shape index (κ2) is 5.94. The summed E-state index contributed by atoms with van der Waals surface area (Å²) in [4.78, 5) is 33.3. The Morgan fingerprint density at radius 2 is 1.74 bits per heavy atom. The molecule has 7 heteroatoms. The first-order valence-corrected chi connectivity index (χ1v) is 5.33. The van der Waals surface area contributed by atoms with E-state index in [1.165, 1.54) is 25.1 Å². The van der Waals surface area contributed by atoms with Crippen LogP contribution < -0.4 is 0 Å². The standard InChI is InChI=1S/C12H13NO6/c1-7-6-8(4-5-9(7)13(16)17)10(11(14)18-2)12(15)19-3/h4-6,10H,1-3H3. The smallest absolute Gasteiger partial charge is 0.324 e. The fraction of sp³-hybridized carbons (Fsp3) is 0.333. The Hall–Kier alpha value is -2.44. The molecule has 1 aromatic rings. The highest BCUT2D eigenvalue weighted by Gasteiger charge is 2.31. The van der Waals surface area contributed by atoms with Crippen molar-refractivity contribution in [2.45, 2.75) is 12.8 Å². The van der Waals surface area contributed by atoms with Gasteiger partial charge in [-0.3, -0.25) is 19.7 Å². The topological polar surface area (TPSA) is 95.7 Å². The van der Waals surface area contributed by atoms with Gasteiger partial charge in [0.25, 0.3) is 5.69 Å². The zero-order chi connectivity index (χ0) is 14.6. The van der Waals surface area contributed by atoms with E-state index in [9.17, 15) is 19.7 Å². The van der Waals surface area contributed by atoms with Gasteiger partial charge in [0.15, 0.2) is 5.92 Å². The normalized spacial score (nSPS) is 10.1. The number of rotatable bonds is 4. The van der Waals surface area contributed by atoms with Gasteiger partial charge in [-0.05, 0) is 18.6 Å². The number of hydrogen-bond donors (Lipinski definition) is 0. The third kappa shape index (κ3) is 3.06. The summed E-state index contributed by atoms with van der Waals surface area (Å²) in [6, 6.07) is 3.98. The van der Waals surface area contributed by atoms with E-state index in [-0.39, 0.29) is 5.69 Å². The molecule has 0 amide bonds. The van der Waals surface area contributed by atoms with Gasteiger partial charge in [0, 0.05) is 11.6 Å². The van der Waals surface area contributed by atoms with Crippen molar-refractivity contribution in [2.75, 3.05) is 14.2 Å². The van der Waals surface area contributed by atoms with Gasteiger partial charge in [0.1, 0.15) is 0 Å². The van der Waals surface area contributed by atoms with Crippen molar-refractivity contribution in [3.63, 3.8) is 0 Å². The van der Waals surface area contributed by atoms with Crippen LogP contribution in [0.3, 0.4) is 0 Å². The van der Waals surface area contributed by atoms with Gasteiger partial charge >= 0.3 is 11.9 Å². The lowest BCUT2D eigenvalue weighted by molar-refractivity contribution is -0.385. The molecule has 102 valence electrons. The Bertz CT molecular complexity index is 509. The number of aryl methyl sites for hydroxylation is 1. The highest BCUT2D eigenvalue weighted by Crippen LogP contribution is 2.25. The fourth-order valence-corrected chi connectivity index (χ4v) is 1.67. The van der Waals surface area contributed by atoms with Crippen LogP contribution in [0.4, 0.5) is 5.69 Å². The second-order valence-corrected chi connectivity index (χ2v) is 3.78. The van der Waals surface area contributed by atoms with Gasteiger partial charge in [-0.2, -0.15) is 0 Å². The minimum atomic E-state index is -1.24. The zero-order valence-corrected chi connectivity index (χ0v) is 10.7. The number of hydrogen-bond acceptors (Lipinski definition) is 6. The molecule has 0 spiro atoms. The van der Waals surface area contributed by atoms with Gasteiger partial charge < -0.3 is 9.47 Å². The maximum Gasteiger partial charge on any atom is 0.324 e. The molecule has 19 heavy (non-hydrogen) atoms. The highest BCUT2D eigenvalue weighted by molar-refractivity contribution is 6.00. The van der Waals surface area contributed by atoms with Crippen LogP contribution in [0.15, 0.2) is 18.2 Å². The summed E-state index contributed by atoms with van der Waals surface area (Å²) in [6.07, 6.45) is 0. The molecular weight excluding hydrogens is 254 g/mol. The zero-order valence-electron chi connectivity index (χ0n) is 10.7. The van der Waals surface area contributed by atoms with E-state index in [2.05, 4.69) is 9.47 Å². The van der Waals surface area contributed by atoms with Crippen molar-refractivity contribution in [3.8, 4) is 0 Å². The molecule has 0 saturated heterocycles. The molecule has 0 atom stereocenters. The van der Waals surface area contributed by atoms with E-state index in [0.717, 1.165) is 14.2 Å². The summed E-state index contributed by atoms with van der Waals surface area (Å²) in [5.74, 6) is -2.80. The molecule has 0 N–H and O–H groups in total. The number of esters is 2. The third-order valence-electron chi connectivity index (χ3n) is 2.62. The van der Waals surface area contributed by atoms with Crippen molar-refractivity contribution in [1.82, 2.24) is 0 Å². The summed E-state index contributed by atoms with van der Waals surface area (Å²) in [6.45, 7) is 1.52. The summed E-state index contributed by atoms with van der Waals surface area (Å²) >= 11 is 0. The summed E-state index contributed by atoms with van der Waals surface area (Å²) in [5.41, 5.74) is 0.555. The molecule has 0 aliphatic carbocycles. The fourth-order valence-electron chi connectivity index (χ4n) is 1.67. The Balaban J connectivity index is 3.24. The van der Waals surface area contributed by atoms with Gasteiger partial charge in [-0.1, -0.05) is 6.07 Å². The van der Waals surface area contributed by atoms with Crippen molar-refractivity contribution in [1.29, 1.82) is 0 Å². The van der Waals surface area contributed by atoms with E-state index >= 15 is 0 Å². The van der Waals surface area contributed by atoms with Gasteiger partial charge in [0.2, 0.25) is 0 Å². The molecule has 1 aromatic carbocycles. The lowest BCUT2D eigenvalue weighted by Gasteiger charge is -2.13. The van der Waals surface area contributed by atoms with Crippen LogP contribution in [0, 0.1) is 17.0 Å². The maximum absolute atomic E-state index is 11.6. The van der Waals surface area contributed by atoms with Gasteiger partial charge in [-0.25, -0.2) is 0 Å². The monoisotopic (exact) mass is 267 g/mol. The number of carbonyl (C=O) groups is 2. The van der Waals surface area contributed by atoms with E-state index in [1.807, 2.05) is 0 Å². The molecule has 7 nitrogen and oxygen atoms in total. The first-order chi connectivity index (χ1) is 8.92. The first-order valence-electron chi connectivity index (χ1n) is 5.33. The number of nitrogens with zero attached hydrogens (tertiary/aromatic N) is 1. The lowest BCUT2D eigenvalue weighted by atomic mass is 9.97. The Morgan fingerprint density at radius 1 is 1.21 bits per heavy atom. The van der Waals surface area contributed by atoms with Gasteiger partial charge in [-0.15, -0.1) is 0 Å². The predicted molar refractivity (Wildman–Crippen MR) is 64.6 cm³/mol. The summed E-state index contributed by atoms with van der Waals surface area (Å²) < 4.78 is 9.07. The number of nitro benzene ring substituents is 1. The Labute approximate surface area is 109 Å². The minimum absolute atomic E-state index is 0.0859. The van der Waals surface area contributed by atoms with Crippen LogP contribution in [0.5, 0.6) is 0 Å². The second-order valence-electron chi connectivity index (χ2n) is 3.78. The van der Waals surface area contributed by atoms with Crippen LogP contribution >= 0.6 is 0 Å². The van der Waals surface area contributed by atoms with E-state index in [4.69, 9.17) is 0 Å². The Kier molecular flexibility index (Phi) is 4.57. The predicted octanol–water partition coefficient (Wildman–Crippen LogP) is 1.33. The molecule has 0 radical (unpaired) electrons. The van der Waals surface area contributed by atoms with E-state index in [0.29, 0.717) is 11.1 Å². The van der Waals surface area contributed by atoms with Crippen LogP contribution in [0.25, 0.3) is 0 Å². The number of benzene rings is 1. The molecule has 0 aliphatic heterocycles. The SMILES string of the molecule is COC(=O)C(C(=O)OC)c1ccc([N+](=O)[O-])c(C)c1. The average molecular weight is 267 g/mol. The third-order valence-corrected chi connectivity index (χ3v) is 2.62. The van der Waals surface area contributed by atoms with Crippen LogP contribution in [0.1, 0.15) is 17.0 Å². The average Bonchev–Trinajstić information content (AvgIpc) is 2.38. The van der Waals surface area contributed by atoms with Crippen molar-refractivity contribution >= 4 is 17.6 Å².